The molecule has 1 aliphatic rings. The molecule has 0 amide bonds. The Kier molecular flexibility index (Phi) is 26.9. The van der Waals surface area contributed by atoms with Crippen LogP contribution in [0, 0.1) is 13.8 Å². The Morgan fingerprint density at radius 1 is 0.478 bits per heavy atom. The average molecular weight is 672 g/mol. The molecule has 1 aliphatic heterocycles. The fraction of sp³-hybridized carbons (Fsp3) is 0.581. The van der Waals surface area contributed by atoms with Gasteiger partial charge in [0.05, 0.1) is 0 Å². The van der Waals surface area contributed by atoms with Crippen molar-refractivity contribution in [1.29, 1.82) is 0 Å². The molecule has 0 atom stereocenters. The van der Waals surface area contributed by atoms with Crippen molar-refractivity contribution in [2.45, 2.75) is 164 Å². The third-order valence-corrected chi connectivity index (χ3v) is 8.74. The van der Waals surface area contributed by atoms with Gasteiger partial charge < -0.3 is 19.4 Å². The van der Waals surface area contributed by atoms with E-state index in [1.807, 2.05) is 0 Å². The fourth-order valence-corrected chi connectivity index (χ4v) is 6.26. The second-order valence-corrected chi connectivity index (χ2v) is 12.3. The smallest absolute Gasteiger partial charge is 0.493 e. The zero-order chi connectivity index (χ0) is 33.3. The molecule has 0 bridgehead atoms. The largest absolute Gasteiger partial charge is 2.00 e. The summed E-state index contributed by atoms with van der Waals surface area (Å²) >= 11 is 0. The number of rotatable bonds is 21. The summed E-state index contributed by atoms with van der Waals surface area (Å²) in [5, 5.41) is 0. The van der Waals surface area contributed by atoms with Gasteiger partial charge in [-0.15, -0.1) is 0 Å². The topological polar surface area (TPSA) is 25.3 Å². The Morgan fingerprint density at radius 3 is 1.50 bits per heavy atom. The molecular weight excluding hydrogens is 603 g/mol. The third-order valence-electron chi connectivity index (χ3n) is 8.74. The average Bonchev–Trinajstić information content (AvgIpc) is 3.36. The number of hydrogen-bond donors (Lipinski definition) is 0. The van der Waals surface area contributed by atoms with Crippen molar-refractivity contribution in [3.63, 3.8) is 0 Å². The molecule has 0 aliphatic carbocycles. The van der Waals surface area contributed by atoms with Crippen molar-refractivity contribution in [3.05, 3.63) is 101 Å². The van der Waals surface area contributed by atoms with E-state index in [0.29, 0.717) is 0 Å². The fourth-order valence-electron chi connectivity index (χ4n) is 6.26. The second kappa shape index (κ2) is 28.1. The summed E-state index contributed by atoms with van der Waals surface area (Å²) < 4.78 is 1.57. The zero-order valence-corrected chi connectivity index (χ0v) is 31.7. The van der Waals surface area contributed by atoms with E-state index in [9.17, 15) is 5.53 Å². The minimum absolute atomic E-state index is 0. The molecular formula is C43H68N2Ni. The van der Waals surface area contributed by atoms with Crippen LogP contribution in [0.2, 0.25) is 0 Å². The van der Waals surface area contributed by atoms with Crippen LogP contribution in [0.1, 0.15) is 173 Å². The number of benzene rings is 2. The van der Waals surface area contributed by atoms with Gasteiger partial charge in [0, 0.05) is 22.3 Å². The van der Waals surface area contributed by atoms with Crippen LogP contribution < -0.4 is 0 Å². The summed E-state index contributed by atoms with van der Waals surface area (Å²) in [6, 6.07) is 18.1. The van der Waals surface area contributed by atoms with E-state index >= 15 is 0 Å². The van der Waals surface area contributed by atoms with Gasteiger partial charge in [0.2, 0.25) is 11.4 Å². The first-order valence-corrected chi connectivity index (χ1v) is 18.7. The Labute approximate surface area is 296 Å². The SMILES string of the molecule is CCCCCCCCc1cccc(C2=C(CCCCCC)C(CCCCC)=C(c3ccc(CCCC)cc3)[N+]2=[N-])c1.[CH2-]C.[CH2-]C.[Ni+2]. The summed E-state index contributed by atoms with van der Waals surface area (Å²) in [4.78, 5) is 0. The molecule has 1 heterocycles. The van der Waals surface area contributed by atoms with E-state index in [2.05, 4.69) is 90.1 Å². The van der Waals surface area contributed by atoms with Crippen LogP contribution in [0.4, 0.5) is 0 Å². The zero-order valence-electron chi connectivity index (χ0n) is 30.7. The van der Waals surface area contributed by atoms with E-state index in [4.69, 9.17) is 0 Å². The first kappa shape index (κ1) is 44.0. The molecule has 2 nitrogen and oxygen atoms in total. The van der Waals surface area contributed by atoms with Crippen molar-refractivity contribution in [2.24, 2.45) is 0 Å². The molecule has 0 saturated heterocycles. The second-order valence-electron chi connectivity index (χ2n) is 12.3. The Morgan fingerprint density at radius 2 is 0.913 bits per heavy atom. The molecule has 3 rings (SSSR count). The summed E-state index contributed by atoms with van der Waals surface area (Å²) in [7, 11) is 0. The maximum absolute atomic E-state index is 12.0. The van der Waals surface area contributed by atoms with Crippen LogP contribution in [-0.4, -0.2) is 4.70 Å². The van der Waals surface area contributed by atoms with E-state index in [1.165, 1.54) is 124 Å². The van der Waals surface area contributed by atoms with Crippen molar-refractivity contribution in [2.75, 3.05) is 0 Å². The monoisotopic (exact) mass is 670 g/mol. The molecule has 2 aromatic rings. The normalized spacial score (nSPS) is 12.4. The Hall–Kier alpha value is -1.99. The molecule has 46 heavy (non-hydrogen) atoms. The quantitative estimate of drug-likeness (QED) is 0.0546. The number of allylic oxidation sites excluding steroid dienone is 2. The van der Waals surface area contributed by atoms with Crippen LogP contribution in [0.15, 0.2) is 59.7 Å². The maximum atomic E-state index is 12.0. The first-order chi connectivity index (χ1) is 22.1. The standard InChI is InChI=1S/C39H58N2.2C2H5.Ni/c1-5-9-13-15-16-18-22-33-23-20-24-35(31-33)39-37(26-19-14-10-6-2)36(25-17-11-7-3)38(41(39)40)34-29-27-32(28-30-34)21-12-8-4;2*1-2;/h20,23-24,27-31H,5-19,21-22,25-26H2,1-4H3;2*1H2,2H3;/q;2*-1;+2. The van der Waals surface area contributed by atoms with Crippen molar-refractivity contribution in [1.82, 2.24) is 0 Å². The maximum Gasteiger partial charge on any atom is 2.00 e. The van der Waals surface area contributed by atoms with Crippen molar-refractivity contribution in [3.8, 4) is 0 Å². The van der Waals surface area contributed by atoms with E-state index in [-0.39, 0.29) is 16.5 Å². The Bertz CT molecular complexity index is 1130. The molecule has 0 N–H and O–H groups in total. The number of unbranched alkanes of at least 4 members (excludes halogenated alkanes) is 11. The number of aryl methyl sites for hydroxylation is 2. The predicted octanol–water partition coefficient (Wildman–Crippen LogP) is 14.3. The first-order valence-electron chi connectivity index (χ1n) is 18.7. The van der Waals surface area contributed by atoms with Gasteiger partial charge in [-0.05, 0) is 86.8 Å². The minimum Gasteiger partial charge on any atom is -0.493 e. The summed E-state index contributed by atoms with van der Waals surface area (Å²) in [6.45, 7) is 19.1. The molecule has 2 aromatic carbocycles. The molecule has 0 radical (unpaired) electrons. The molecule has 260 valence electrons. The van der Waals surface area contributed by atoms with Gasteiger partial charge in [-0.2, -0.15) is 13.8 Å². The molecule has 0 saturated carbocycles. The molecule has 0 aromatic heterocycles. The molecule has 0 fully saturated rings. The van der Waals surface area contributed by atoms with Gasteiger partial charge in [-0.3, -0.25) is 0 Å². The van der Waals surface area contributed by atoms with Gasteiger partial charge in [0.1, 0.15) is 0 Å². The summed E-state index contributed by atoms with van der Waals surface area (Å²) in [5.41, 5.74) is 21.9. The predicted molar refractivity (Wildman–Crippen MR) is 201 cm³/mol. The van der Waals surface area contributed by atoms with Gasteiger partial charge in [-0.25, -0.2) is 4.70 Å². The van der Waals surface area contributed by atoms with Gasteiger partial charge in [0.25, 0.3) is 0 Å². The third kappa shape index (κ3) is 14.8. The summed E-state index contributed by atoms with van der Waals surface area (Å²) in [6.07, 6.45) is 23.2. The van der Waals surface area contributed by atoms with Crippen LogP contribution in [0.5, 0.6) is 0 Å². The minimum atomic E-state index is 0. The molecule has 0 spiro atoms. The van der Waals surface area contributed by atoms with E-state index < -0.39 is 0 Å². The Balaban J connectivity index is 0.00000389. The van der Waals surface area contributed by atoms with Crippen molar-refractivity contribution < 1.29 is 21.2 Å². The van der Waals surface area contributed by atoms with Gasteiger partial charge in [-0.1, -0.05) is 123 Å². The van der Waals surface area contributed by atoms with Gasteiger partial charge >= 0.3 is 16.5 Å². The van der Waals surface area contributed by atoms with E-state index in [1.54, 1.807) is 18.5 Å². The molecule has 3 heteroatoms. The summed E-state index contributed by atoms with van der Waals surface area (Å²) in [5.74, 6) is 0. The number of nitrogens with zero attached hydrogens (tertiary/aromatic N) is 2. The van der Waals surface area contributed by atoms with Crippen LogP contribution in [0.25, 0.3) is 16.9 Å². The number of hydrogen-bond acceptors (Lipinski definition) is 0. The van der Waals surface area contributed by atoms with Crippen LogP contribution in [0.3, 0.4) is 0 Å². The van der Waals surface area contributed by atoms with Gasteiger partial charge in [0.15, 0.2) is 0 Å². The van der Waals surface area contributed by atoms with E-state index in [0.717, 1.165) is 42.6 Å². The van der Waals surface area contributed by atoms with Crippen LogP contribution >= 0.6 is 0 Å². The molecule has 0 unspecified atom stereocenters. The van der Waals surface area contributed by atoms with Crippen LogP contribution in [-0.2, 0) is 29.3 Å². The van der Waals surface area contributed by atoms with Crippen molar-refractivity contribution >= 4 is 11.4 Å².